The molecule has 2 bridgehead atoms. The Hall–Kier alpha value is -0.160. The highest BCUT2D eigenvalue weighted by Gasteiger charge is 2.60. The fourth-order valence-electron chi connectivity index (χ4n) is 33.2. The Labute approximate surface area is 855 Å². The van der Waals surface area contributed by atoms with Crippen LogP contribution in [0.2, 0.25) is 0 Å². The summed E-state index contributed by atoms with van der Waals surface area (Å²) in [7, 11) is 9.07. The summed E-state index contributed by atoms with van der Waals surface area (Å²) in [6, 6.07) is 0. The summed E-state index contributed by atoms with van der Waals surface area (Å²) in [6.45, 7) is 82.2. The molecule has 20 fully saturated rings. The summed E-state index contributed by atoms with van der Waals surface area (Å²) in [4.78, 5) is 10.00. The molecule has 7 spiro atoms. The summed E-state index contributed by atoms with van der Waals surface area (Å²) in [5, 5.41) is 0. The normalized spacial score (nSPS) is 33.0. The van der Waals surface area contributed by atoms with Gasteiger partial charge in [-0.1, -0.05) is 298 Å². The van der Waals surface area contributed by atoms with E-state index in [4.69, 9.17) is 0 Å². The van der Waals surface area contributed by atoms with Gasteiger partial charge in [0.1, 0.15) is 0 Å². The second-order valence-corrected chi connectivity index (χ2v) is 67.3. The molecule has 0 radical (unpaired) electrons. The standard InChI is InChI=1S/C15H28.C14H27N.2C14H26.3C13H25N.C13H24.C12H22.C11H20/c1-14(2,3)10-7-13-11-15(12-13)8-5-4-6-9-15;1-13(2,3)6-5-12-11-14(12)7-9-15(4)10-8-14;1-13(2,3)10-7-12-11-14(12)8-5-4-6-9-14;1-13(2,3)9-12-10-14(11-12)7-5-4-6-8-14;1-12(2,3)11-9-13(10-11)5-7-14(4)8-6-13;1-12(2,3)9-11-10-13(11)5-7-14(4)8-6-13;1-13(2,3)7-12-10-5-6-11(12)9-14(4)8-10;1-12(2,3)9-11-10-13(11)7-5-4-6-8-13;1-12(2,3)8-7-11-9-5-4-6-10(9)11;1-11(2,3)7-10-8-5-4-6-9(8)10/h13H,4-12H2,1-3H3;12H,5-11H2,1-4H3;2*12H,4-11H2,1-3H3;2*11H,5-10H2,1-4H3;10-12H,5-9H2,1-4H3;11H,4-10H2,1-3H3;9-11H,4-8H2,1-3H3;8-10H,4-7H2,1-3H3. The highest BCUT2D eigenvalue weighted by Crippen LogP contribution is 2.69. The van der Waals surface area contributed by atoms with Crippen LogP contribution in [0.1, 0.15) is 574 Å². The van der Waals surface area contributed by atoms with Gasteiger partial charge >= 0.3 is 0 Å². The first-order chi connectivity index (χ1) is 62.9. The molecule has 4 aliphatic heterocycles. The minimum Gasteiger partial charge on any atom is -0.306 e. The number of piperidine rings is 4. The van der Waals surface area contributed by atoms with Crippen molar-refractivity contribution in [2.45, 2.75) is 574 Å². The molecule has 20 rings (SSSR count). The molecule has 4 nitrogen and oxygen atoms in total. The molecule has 0 N–H and O–H groups in total. The van der Waals surface area contributed by atoms with Gasteiger partial charge in [0.15, 0.2) is 0 Å². The minimum absolute atomic E-state index is 0.529. The number of hydrogen-bond donors (Lipinski definition) is 0. The van der Waals surface area contributed by atoms with Crippen LogP contribution in [0.15, 0.2) is 0 Å². The number of nitrogens with zero attached hydrogens (tertiary/aromatic N) is 4. The summed E-state index contributed by atoms with van der Waals surface area (Å²) in [5.41, 5.74) is 11.3. The van der Waals surface area contributed by atoms with Crippen molar-refractivity contribution in [1.82, 2.24) is 19.6 Å². The van der Waals surface area contributed by atoms with Crippen molar-refractivity contribution in [3.05, 3.63) is 0 Å². The molecule has 4 saturated heterocycles. The molecule has 10 atom stereocenters. The maximum absolute atomic E-state index is 2.54. The van der Waals surface area contributed by atoms with Crippen LogP contribution in [-0.2, 0) is 0 Å². The maximum atomic E-state index is 2.54. The van der Waals surface area contributed by atoms with Crippen molar-refractivity contribution in [2.24, 2.45) is 187 Å². The summed E-state index contributed by atoms with van der Waals surface area (Å²) >= 11 is 0. The lowest BCUT2D eigenvalue weighted by Crippen LogP contribution is -2.49. The van der Waals surface area contributed by atoms with Gasteiger partial charge in [-0.2, -0.15) is 0 Å². The molecule has 10 unspecified atom stereocenters. The van der Waals surface area contributed by atoms with E-state index in [9.17, 15) is 0 Å². The van der Waals surface area contributed by atoms with E-state index in [0.717, 1.165) is 121 Å². The van der Waals surface area contributed by atoms with Crippen molar-refractivity contribution in [3.63, 3.8) is 0 Å². The molecule has 796 valence electrons. The second kappa shape index (κ2) is 46.9. The molecule has 4 heteroatoms. The van der Waals surface area contributed by atoms with E-state index in [2.05, 4.69) is 256 Å². The van der Waals surface area contributed by atoms with E-state index in [-0.39, 0.29) is 0 Å². The summed E-state index contributed by atoms with van der Waals surface area (Å²) in [5.74, 6) is 17.5. The van der Waals surface area contributed by atoms with E-state index < -0.39 is 0 Å². The van der Waals surface area contributed by atoms with Gasteiger partial charge < -0.3 is 19.6 Å². The summed E-state index contributed by atoms with van der Waals surface area (Å²) in [6.07, 6.45) is 86.0. The van der Waals surface area contributed by atoms with E-state index in [1.165, 1.54) is 315 Å². The number of rotatable bonds is 13. The van der Waals surface area contributed by atoms with Crippen molar-refractivity contribution in [1.29, 1.82) is 0 Å². The second-order valence-electron chi connectivity index (χ2n) is 67.3. The molecule has 0 amide bonds. The van der Waals surface area contributed by atoms with Gasteiger partial charge in [-0.05, 0) is 530 Å². The van der Waals surface area contributed by atoms with Crippen LogP contribution in [0.25, 0.3) is 0 Å². The van der Waals surface area contributed by atoms with Gasteiger partial charge in [0.2, 0.25) is 0 Å². The zero-order valence-corrected chi connectivity index (χ0v) is 99.5. The van der Waals surface area contributed by atoms with Gasteiger partial charge in [0.05, 0.1) is 0 Å². The number of hydrogen-bond acceptors (Lipinski definition) is 4. The largest absolute Gasteiger partial charge is 0.306 e. The fraction of sp³-hybridized carbons (Fsp3) is 1.00. The van der Waals surface area contributed by atoms with Crippen LogP contribution in [0.5, 0.6) is 0 Å². The van der Waals surface area contributed by atoms with Gasteiger partial charge in [-0.15, -0.1) is 0 Å². The lowest BCUT2D eigenvalue weighted by atomic mass is 9.52. The van der Waals surface area contributed by atoms with Crippen LogP contribution < -0.4 is 0 Å². The van der Waals surface area contributed by atoms with Crippen LogP contribution >= 0.6 is 0 Å². The Bertz CT molecular complexity index is 3340. The van der Waals surface area contributed by atoms with Crippen molar-refractivity contribution >= 4 is 0 Å². The maximum Gasteiger partial charge on any atom is 0.000949 e. The lowest BCUT2D eigenvalue weighted by molar-refractivity contribution is -0.0525. The van der Waals surface area contributed by atoms with Gasteiger partial charge in [0, 0.05) is 13.1 Å². The van der Waals surface area contributed by atoms with E-state index in [0.29, 0.717) is 54.1 Å². The zero-order valence-electron chi connectivity index (χ0n) is 99.5. The van der Waals surface area contributed by atoms with E-state index >= 15 is 0 Å². The van der Waals surface area contributed by atoms with Crippen LogP contribution in [-0.4, -0.2) is 100 Å². The fourth-order valence-corrected chi connectivity index (χ4v) is 33.2. The molecular weight excluding hydrogens is 1640 g/mol. The molecule has 0 aromatic heterocycles. The Kier molecular flexibility index (Phi) is 40.1. The highest BCUT2D eigenvalue weighted by atomic mass is 15.1. The van der Waals surface area contributed by atoms with Crippen molar-refractivity contribution in [3.8, 4) is 0 Å². The molecule has 16 saturated carbocycles. The van der Waals surface area contributed by atoms with E-state index in [1.54, 1.807) is 116 Å². The highest BCUT2D eigenvalue weighted by molar-refractivity contribution is 5.10. The Morgan fingerprint density at radius 3 is 0.838 bits per heavy atom. The first-order valence-electron chi connectivity index (χ1n) is 61.6. The van der Waals surface area contributed by atoms with Gasteiger partial charge in [-0.25, -0.2) is 0 Å². The molecule has 16 aliphatic carbocycles. The summed E-state index contributed by atoms with van der Waals surface area (Å²) < 4.78 is 0. The predicted molar refractivity (Wildman–Crippen MR) is 601 cm³/mol. The first-order valence-corrected chi connectivity index (χ1v) is 61.6. The molecule has 20 aliphatic rings. The van der Waals surface area contributed by atoms with Crippen molar-refractivity contribution in [2.75, 3.05) is 80.5 Å². The average Bonchev–Trinajstić information content (AvgIpc) is 1.61. The Morgan fingerprint density at radius 2 is 0.493 bits per heavy atom. The van der Waals surface area contributed by atoms with E-state index in [1.807, 2.05) is 0 Å². The third-order valence-corrected chi connectivity index (χ3v) is 42.2. The monoisotopic (exact) mass is 1890 g/mol. The average molecular weight is 1890 g/mol. The minimum atomic E-state index is 0.529. The van der Waals surface area contributed by atoms with Gasteiger partial charge in [-0.3, -0.25) is 0 Å². The van der Waals surface area contributed by atoms with Crippen LogP contribution in [0.4, 0.5) is 0 Å². The molecule has 136 heavy (non-hydrogen) atoms. The Morgan fingerprint density at radius 1 is 0.213 bits per heavy atom. The van der Waals surface area contributed by atoms with Crippen LogP contribution in [0.3, 0.4) is 0 Å². The zero-order chi connectivity index (χ0) is 100. The predicted octanol–water partition coefficient (Wildman–Crippen LogP) is 39.3. The Balaban J connectivity index is 0.000000145. The number of fused-ring (bicyclic) bond motifs is 4. The third kappa shape index (κ3) is 37.8. The van der Waals surface area contributed by atoms with Crippen LogP contribution in [0, 0.1) is 187 Å². The topological polar surface area (TPSA) is 13.0 Å². The lowest BCUT2D eigenvalue weighted by Gasteiger charge is -2.56. The SMILES string of the molecule is CC(C)(C)CC1C2CCCC21.CC(C)(C)CC1CC12CCCCC2.CC(C)(C)CC1CC2(CCCCC2)C1.CC(C)(C)CCC1C2CCCC21.CC(C)(C)CCC1CC12CCCCC2.CC(C)(C)CCC1CC2(CCCCC2)C1.CN1CC2CCC(C1)C2CC(C)(C)C.CN1CCC2(CC1)CC(C(C)(C)C)C2.CN1CCC2(CC1)CC2CC(C)(C)C.CN1CCC2(CC1)CC2CCC(C)(C)C. The van der Waals surface area contributed by atoms with Gasteiger partial charge in [0.25, 0.3) is 0 Å². The molecule has 0 aromatic rings. The molecular formula is C132H248N4. The molecule has 4 heterocycles. The first kappa shape index (κ1) is 116. The third-order valence-electron chi connectivity index (χ3n) is 42.2. The van der Waals surface area contributed by atoms with Crippen molar-refractivity contribution < 1.29 is 0 Å². The smallest absolute Gasteiger partial charge is 0.000949 e. The number of likely N-dealkylation sites (tertiary alicyclic amines) is 4. The quantitative estimate of drug-likeness (QED) is 0.182. The molecule has 0 aromatic carbocycles.